The largest absolute Gasteiger partial charge is 0.323 e. The quantitative estimate of drug-likeness (QED) is 0.116. The second-order valence-corrected chi connectivity index (χ2v) is 25.7. The number of hydrogen-bond acceptors (Lipinski definition) is 14. The number of benzene rings is 4. The first-order valence-corrected chi connectivity index (χ1v) is 29.7. The summed E-state index contributed by atoms with van der Waals surface area (Å²) >= 11 is 0. The van der Waals surface area contributed by atoms with Gasteiger partial charge < -0.3 is 10.6 Å². The molecule has 4 aromatic carbocycles. The Morgan fingerprint density at radius 1 is 0.528 bits per heavy atom. The van der Waals surface area contributed by atoms with E-state index < -0.39 is 51.6 Å². The van der Waals surface area contributed by atoms with Gasteiger partial charge in [-0.25, -0.2) is 52.7 Å². The molecule has 0 fully saturated rings. The molecule has 0 saturated carbocycles. The molecule has 0 radical (unpaired) electrons. The molecule has 8 aromatic rings. The van der Waals surface area contributed by atoms with Crippen LogP contribution in [0.15, 0.2) is 122 Å². The van der Waals surface area contributed by atoms with Crippen LogP contribution in [0.3, 0.4) is 0 Å². The zero-order valence-corrected chi connectivity index (χ0v) is 42.8. The monoisotopic (exact) mass is 1050 g/mol. The fourth-order valence-electron chi connectivity index (χ4n) is 9.22. The Morgan fingerprint density at radius 2 is 0.931 bits per heavy atom. The molecular formula is C48H50N12O8S4. The number of hydrogen-bond donors (Lipinski definition) is 2. The van der Waals surface area contributed by atoms with Crippen LogP contribution in [0.4, 0.5) is 46.0 Å². The van der Waals surface area contributed by atoms with Gasteiger partial charge in [-0.1, -0.05) is 48.5 Å². The SMILES string of the molecule is CN(c1ccccc1-c1ccc2cnc(Nc3ccc4c(c3)N(S(C)(=O)=O)CCC4)nn12)S(=O)(=O)CCS(=O)(=O)N(C)c1ccccc1-c1ccc2cnc(Nc3ccc4c(c3)N(S(C)(=O)=O)CCC4)nn12. The molecule has 2 aliphatic heterocycles. The number of nitrogens with zero attached hydrogens (tertiary/aromatic N) is 10. The summed E-state index contributed by atoms with van der Waals surface area (Å²) in [5.41, 5.74) is 8.09. The van der Waals surface area contributed by atoms with Crippen molar-refractivity contribution in [1.82, 2.24) is 29.2 Å². The number of rotatable bonds is 15. The van der Waals surface area contributed by atoms with E-state index >= 15 is 0 Å². The minimum Gasteiger partial charge on any atom is -0.323 e. The fraction of sp³-hybridized carbons (Fsp3) is 0.250. The molecule has 0 atom stereocenters. The van der Waals surface area contributed by atoms with Gasteiger partial charge in [-0.2, -0.15) is 0 Å². The number of para-hydroxylation sites is 2. The van der Waals surface area contributed by atoms with Crippen LogP contribution in [0, 0.1) is 0 Å². The molecule has 4 aromatic heterocycles. The maximum Gasteiger partial charge on any atom is 0.245 e. The summed E-state index contributed by atoms with van der Waals surface area (Å²) in [6.07, 6.45) is 8.54. The summed E-state index contributed by atoms with van der Waals surface area (Å²) in [6.45, 7) is 0.772. The Balaban J connectivity index is 0.868. The molecule has 0 bridgehead atoms. The number of aryl methyl sites for hydroxylation is 2. The van der Waals surface area contributed by atoms with Gasteiger partial charge in [-0.15, -0.1) is 10.2 Å². The summed E-state index contributed by atoms with van der Waals surface area (Å²) in [4.78, 5) is 8.94. The van der Waals surface area contributed by atoms with Crippen molar-refractivity contribution in [3.05, 3.63) is 133 Å². The van der Waals surface area contributed by atoms with Crippen molar-refractivity contribution in [1.29, 1.82) is 0 Å². The number of nitrogens with one attached hydrogen (secondary N) is 2. The summed E-state index contributed by atoms with van der Waals surface area (Å²) < 4.78 is 115. The van der Waals surface area contributed by atoms with Gasteiger partial charge >= 0.3 is 0 Å². The maximum atomic E-state index is 14.2. The van der Waals surface area contributed by atoms with Crippen molar-refractivity contribution < 1.29 is 33.7 Å². The molecule has 24 heteroatoms. The Bertz CT molecular complexity index is 3650. The molecule has 72 heavy (non-hydrogen) atoms. The maximum absolute atomic E-state index is 14.2. The van der Waals surface area contributed by atoms with Crippen LogP contribution in [0.1, 0.15) is 24.0 Å². The lowest BCUT2D eigenvalue weighted by molar-refractivity contribution is 0.586. The average Bonchev–Trinajstić information content (AvgIpc) is 3.98. The smallest absolute Gasteiger partial charge is 0.245 e. The van der Waals surface area contributed by atoms with Crippen LogP contribution < -0.4 is 27.9 Å². The van der Waals surface area contributed by atoms with E-state index in [2.05, 4.69) is 20.6 Å². The molecule has 374 valence electrons. The number of sulfonamides is 4. The molecule has 0 saturated heterocycles. The molecule has 0 spiro atoms. The minimum atomic E-state index is -4.26. The first kappa shape index (κ1) is 48.4. The highest BCUT2D eigenvalue weighted by atomic mass is 32.2. The lowest BCUT2D eigenvalue weighted by atomic mass is 10.0. The van der Waals surface area contributed by atoms with Crippen molar-refractivity contribution in [3.8, 4) is 22.5 Å². The Hall–Kier alpha value is -7.28. The molecular weight excluding hydrogens is 1000 g/mol. The molecule has 2 N–H and O–H groups in total. The van der Waals surface area contributed by atoms with Gasteiger partial charge in [-0.3, -0.25) is 17.2 Å². The molecule has 2 aliphatic rings. The number of anilines is 8. The van der Waals surface area contributed by atoms with Crippen molar-refractivity contribution in [3.63, 3.8) is 0 Å². The summed E-state index contributed by atoms with van der Waals surface area (Å²) in [5.74, 6) is -1.06. The fourth-order valence-corrected chi connectivity index (χ4v) is 14.4. The average molecular weight is 1050 g/mol. The Labute approximate surface area is 417 Å². The summed E-state index contributed by atoms with van der Waals surface area (Å²) in [6, 6.07) is 31.8. The van der Waals surface area contributed by atoms with Crippen LogP contribution >= 0.6 is 0 Å². The van der Waals surface area contributed by atoms with Crippen molar-refractivity contribution >= 4 is 97.1 Å². The predicted octanol–water partition coefficient (Wildman–Crippen LogP) is 6.25. The molecule has 10 rings (SSSR count). The lowest BCUT2D eigenvalue weighted by Crippen LogP contribution is -2.36. The van der Waals surface area contributed by atoms with Crippen molar-refractivity contribution in [2.75, 3.05) is 79.1 Å². The van der Waals surface area contributed by atoms with E-state index in [4.69, 9.17) is 10.2 Å². The van der Waals surface area contributed by atoms with Gasteiger partial charge in [0, 0.05) is 49.7 Å². The van der Waals surface area contributed by atoms with Gasteiger partial charge in [0.05, 0.1) is 81.6 Å². The number of fused-ring (bicyclic) bond motifs is 4. The van der Waals surface area contributed by atoms with E-state index in [1.54, 1.807) is 106 Å². The van der Waals surface area contributed by atoms with Gasteiger partial charge in [0.1, 0.15) is 0 Å². The zero-order valence-electron chi connectivity index (χ0n) is 39.6. The minimum absolute atomic E-state index is 0.211. The van der Waals surface area contributed by atoms with E-state index in [1.807, 2.05) is 24.3 Å². The van der Waals surface area contributed by atoms with Gasteiger partial charge in [0.15, 0.2) is 0 Å². The topological polar surface area (TPSA) is 234 Å². The summed E-state index contributed by atoms with van der Waals surface area (Å²) in [5, 5.41) is 15.8. The van der Waals surface area contributed by atoms with Crippen molar-refractivity contribution in [2.45, 2.75) is 25.7 Å². The van der Waals surface area contributed by atoms with E-state index in [0.717, 1.165) is 45.4 Å². The van der Waals surface area contributed by atoms with Crippen LogP contribution in [0.5, 0.6) is 0 Å². The number of aromatic nitrogens is 6. The van der Waals surface area contributed by atoms with Crippen molar-refractivity contribution in [2.24, 2.45) is 0 Å². The third-order valence-corrected chi connectivity index (χ3v) is 19.0. The van der Waals surface area contributed by atoms with Crippen LogP contribution in [0.25, 0.3) is 33.5 Å². The lowest BCUT2D eigenvalue weighted by Gasteiger charge is -2.29. The van der Waals surface area contributed by atoms with Gasteiger partial charge in [0.2, 0.25) is 52.0 Å². The molecule has 6 heterocycles. The third-order valence-electron chi connectivity index (χ3n) is 12.9. The Morgan fingerprint density at radius 3 is 1.33 bits per heavy atom. The van der Waals surface area contributed by atoms with E-state index in [-0.39, 0.29) is 23.3 Å². The van der Waals surface area contributed by atoms with E-state index in [1.165, 1.54) is 35.2 Å². The van der Waals surface area contributed by atoms with Gasteiger partial charge in [-0.05, 0) is 97.5 Å². The van der Waals surface area contributed by atoms with E-state index in [9.17, 15) is 33.7 Å². The molecule has 20 nitrogen and oxygen atoms in total. The second-order valence-electron chi connectivity index (χ2n) is 17.7. The van der Waals surface area contributed by atoms with Crippen LogP contribution in [-0.4, -0.2) is 114 Å². The highest BCUT2D eigenvalue weighted by Crippen LogP contribution is 2.37. The Kier molecular flexibility index (Phi) is 12.4. The predicted molar refractivity (Wildman–Crippen MR) is 282 cm³/mol. The zero-order chi connectivity index (χ0) is 50.7. The van der Waals surface area contributed by atoms with E-state index in [0.29, 0.717) is 69.4 Å². The summed E-state index contributed by atoms with van der Waals surface area (Å²) in [7, 11) is -12.7. The molecule has 0 aliphatic carbocycles. The van der Waals surface area contributed by atoms with Crippen LogP contribution in [0.2, 0.25) is 0 Å². The first-order valence-electron chi connectivity index (χ1n) is 22.8. The highest BCUT2D eigenvalue weighted by molar-refractivity contribution is 7.96. The van der Waals surface area contributed by atoms with Crippen LogP contribution in [-0.2, 0) is 52.9 Å². The second kappa shape index (κ2) is 18.4. The normalized spacial score (nSPS) is 14.3. The molecule has 0 unspecified atom stereocenters. The highest BCUT2D eigenvalue weighted by Gasteiger charge is 2.30. The molecule has 0 amide bonds. The van der Waals surface area contributed by atoms with Gasteiger partial charge in [0.25, 0.3) is 0 Å². The first-order chi connectivity index (χ1) is 34.2. The third kappa shape index (κ3) is 9.37. The standard InChI is InChI=1S/C48H50N12O8S4/c1-55(41-15-7-5-13-39(41)43-23-21-37-31-49-47(53-59(37)43)51-35-19-17-33-11-9-25-57(45(33)29-35)69(3,61)62)71(65,66)27-28-72(67,68)56(2)42-16-8-6-14-40(42)44-24-22-38-32-50-48(54-60(38)44)52-36-20-18-34-12-10-26-58(46(34)30-36)70(4,63)64/h5-8,13-24,29-32H,9-12,25-28H2,1-4H3,(H,51,53)(H,52,54).